The molecule has 1 aliphatic heterocycles. The van der Waals surface area contributed by atoms with E-state index in [0.29, 0.717) is 26.1 Å². The zero-order valence-electron chi connectivity index (χ0n) is 19.5. The Morgan fingerprint density at radius 1 is 1.18 bits per heavy atom. The lowest BCUT2D eigenvalue weighted by Crippen LogP contribution is -2.48. The predicted molar refractivity (Wildman–Crippen MR) is 132 cm³/mol. The van der Waals surface area contributed by atoms with E-state index in [1.54, 1.807) is 17.4 Å². The molecule has 0 N–H and O–H groups in total. The number of amides is 2. The van der Waals surface area contributed by atoms with E-state index in [4.69, 9.17) is 4.74 Å². The molecule has 4 rings (SSSR count). The van der Waals surface area contributed by atoms with Crippen molar-refractivity contribution < 1.29 is 18.7 Å². The third kappa shape index (κ3) is 5.47. The van der Waals surface area contributed by atoms with Gasteiger partial charge in [-0.05, 0) is 67.1 Å². The van der Waals surface area contributed by atoms with E-state index in [9.17, 15) is 14.0 Å². The van der Waals surface area contributed by atoms with Crippen molar-refractivity contribution in [1.29, 1.82) is 0 Å². The summed E-state index contributed by atoms with van der Waals surface area (Å²) in [5, 5.41) is 2.05. The van der Waals surface area contributed by atoms with Gasteiger partial charge in [-0.15, -0.1) is 11.3 Å². The number of carbonyl (C=O) groups excluding carboxylic acids is 2. The van der Waals surface area contributed by atoms with Crippen molar-refractivity contribution in [1.82, 2.24) is 9.80 Å². The van der Waals surface area contributed by atoms with Gasteiger partial charge < -0.3 is 14.5 Å². The van der Waals surface area contributed by atoms with Crippen LogP contribution in [-0.4, -0.2) is 47.9 Å². The van der Waals surface area contributed by atoms with E-state index in [1.807, 2.05) is 48.4 Å². The van der Waals surface area contributed by atoms with Gasteiger partial charge in [0.15, 0.2) is 0 Å². The van der Waals surface area contributed by atoms with Crippen molar-refractivity contribution in [2.45, 2.75) is 32.7 Å². The average Bonchev–Trinajstić information content (AvgIpc) is 3.32. The lowest BCUT2D eigenvalue weighted by molar-refractivity contribution is -0.135. The smallest absolute Gasteiger partial charge is 0.254 e. The number of aryl methyl sites for hydroxylation is 1. The summed E-state index contributed by atoms with van der Waals surface area (Å²) in [6.07, 6.45) is 1.48. The number of carbonyl (C=O) groups is 2. The Bertz CT molecular complexity index is 1140. The number of halogens is 1. The maximum absolute atomic E-state index is 13.7. The number of benzene rings is 2. The quantitative estimate of drug-likeness (QED) is 0.442. The minimum Gasteiger partial charge on any atom is -0.491 e. The van der Waals surface area contributed by atoms with Crippen LogP contribution in [0.4, 0.5) is 4.39 Å². The van der Waals surface area contributed by atoms with Crippen LogP contribution >= 0.6 is 11.3 Å². The second kappa shape index (κ2) is 10.8. The first-order valence-corrected chi connectivity index (χ1v) is 12.4. The molecule has 3 aromatic rings. The number of thiophene rings is 1. The SMILES string of the molecule is CCCN(CC(=O)N1CCc2sccc2[C@@H]1COc1ccc(C)cc1)C(=O)c1cccc(F)c1. The molecule has 1 aliphatic rings. The highest BCUT2D eigenvalue weighted by molar-refractivity contribution is 7.10. The Hall–Kier alpha value is -3.19. The summed E-state index contributed by atoms with van der Waals surface area (Å²) in [6.45, 7) is 5.25. The van der Waals surface area contributed by atoms with Gasteiger partial charge in [-0.1, -0.05) is 30.7 Å². The minimum atomic E-state index is -0.469. The topological polar surface area (TPSA) is 49.9 Å². The number of nitrogens with zero attached hydrogens (tertiary/aromatic N) is 2. The molecule has 0 radical (unpaired) electrons. The highest BCUT2D eigenvalue weighted by Crippen LogP contribution is 2.34. The predicted octanol–water partition coefficient (Wildman–Crippen LogP) is 5.25. The third-order valence-electron chi connectivity index (χ3n) is 6.02. The van der Waals surface area contributed by atoms with Crippen LogP contribution in [0, 0.1) is 12.7 Å². The molecule has 0 unspecified atom stereocenters. The van der Waals surface area contributed by atoms with Crippen molar-refractivity contribution >= 4 is 23.2 Å². The second-order valence-corrected chi connectivity index (χ2v) is 9.51. The first-order chi connectivity index (χ1) is 16.5. The van der Waals surface area contributed by atoms with E-state index in [2.05, 4.69) is 6.07 Å². The van der Waals surface area contributed by atoms with Crippen LogP contribution in [0.2, 0.25) is 0 Å². The molecule has 7 heteroatoms. The molecular weight excluding hydrogens is 451 g/mol. The van der Waals surface area contributed by atoms with Gasteiger partial charge in [-0.3, -0.25) is 9.59 Å². The Morgan fingerprint density at radius 3 is 2.71 bits per heavy atom. The number of fused-ring (bicyclic) bond motifs is 1. The maximum Gasteiger partial charge on any atom is 0.254 e. The van der Waals surface area contributed by atoms with Crippen molar-refractivity contribution in [2.75, 3.05) is 26.2 Å². The Labute approximate surface area is 203 Å². The molecule has 0 saturated heterocycles. The fourth-order valence-electron chi connectivity index (χ4n) is 4.26. The Balaban J connectivity index is 1.51. The van der Waals surface area contributed by atoms with Gasteiger partial charge in [0.2, 0.25) is 5.91 Å². The molecule has 5 nitrogen and oxygen atoms in total. The van der Waals surface area contributed by atoms with Crippen LogP contribution in [-0.2, 0) is 11.2 Å². The van der Waals surface area contributed by atoms with Crippen LogP contribution in [0.15, 0.2) is 60.0 Å². The Kier molecular flexibility index (Phi) is 7.63. The summed E-state index contributed by atoms with van der Waals surface area (Å²) in [6, 6.07) is 15.3. The van der Waals surface area contributed by atoms with Crippen LogP contribution < -0.4 is 4.74 Å². The molecule has 1 aromatic heterocycles. The molecule has 2 aromatic carbocycles. The maximum atomic E-state index is 13.7. The minimum absolute atomic E-state index is 0.0519. The van der Waals surface area contributed by atoms with Gasteiger partial charge in [-0.25, -0.2) is 4.39 Å². The molecular formula is C27H29FN2O3S. The van der Waals surface area contributed by atoms with Gasteiger partial charge in [0.05, 0.1) is 6.04 Å². The summed E-state index contributed by atoms with van der Waals surface area (Å²) >= 11 is 1.70. The van der Waals surface area contributed by atoms with Crippen molar-refractivity contribution in [2.24, 2.45) is 0 Å². The molecule has 178 valence electrons. The first kappa shape index (κ1) is 24.0. The molecule has 0 saturated carbocycles. The average molecular weight is 481 g/mol. The summed E-state index contributed by atoms with van der Waals surface area (Å²) < 4.78 is 19.8. The lowest BCUT2D eigenvalue weighted by Gasteiger charge is -2.37. The van der Waals surface area contributed by atoms with E-state index >= 15 is 0 Å². The molecule has 0 bridgehead atoms. The van der Waals surface area contributed by atoms with E-state index in [1.165, 1.54) is 28.0 Å². The molecule has 2 amide bonds. The summed E-state index contributed by atoms with van der Waals surface area (Å²) in [5.41, 5.74) is 2.51. The number of hydrogen-bond donors (Lipinski definition) is 0. The standard InChI is InChI=1S/C27H29FN2O3S/c1-3-13-29(27(32)20-5-4-6-21(28)16-20)17-26(31)30-14-11-25-23(12-15-34-25)24(30)18-33-22-9-7-19(2)8-10-22/h4-10,12,15-16,24H,3,11,13-14,17-18H2,1-2H3/t24-/m0/s1. The summed E-state index contributed by atoms with van der Waals surface area (Å²) in [5.74, 6) is -0.180. The molecule has 0 fully saturated rings. The fraction of sp³-hybridized carbons (Fsp3) is 0.333. The van der Waals surface area contributed by atoms with E-state index < -0.39 is 5.82 Å². The second-order valence-electron chi connectivity index (χ2n) is 8.51. The largest absolute Gasteiger partial charge is 0.491 e. The van der Waals surface area contributed by atoms with Crippen LogP contribution in [0.5, 0.6) is 5.75 Å². The van der Waals surface area contributed by atoms with Gasteiger partial charge in [0, 0.05) is 23.5 Å². The molecule has 0 spiro atoms. The zero-order chi connectivity index (χ0) is 24.1. The Morgan fingerprint density at radius 2 is 1.97 bits per heavy atom. The highest BCUT2D eigenvalue weighted by atomic mass is 32.1. The molecule has 0 aliphatic carbocycles. The molecule has 34 heavy (non-hydrogen) atoms. The van der Waals surface area contributed by atoms with Gasteiger partial charge in [0.25, 0.3) is 5.91 Å². The van der Waals surface area contributed by atoms with Gasteiger partial charge >= 0.3 is 0 Å². The van der Waals surface area contributed by atoms with Gasteiger partial charge in [-0.2, -0.15) is 0 Å². The number of ether oxygens (including phenoxy) is 1. The van der Waals surface area contributed by atoms with Crippen LogP contribution in [0.3, 0.4) is 0 Å². The van der Waals surface area contributed by atoms with Crippen LogP contribution in [0.1, 0.15) is 45.7 Å². The lowest BCUT2D eigenvalue weighted by atomic mass is 10.0. The molecule has 1 atom stereocenters. The zero-order valence-corrected chi connectivity index (χ0v) is 20.3. The van der Waals surface area contributed by atoms with Gasteiger partial charge in [0.1, 0.15) is 24.7 Å². The monoisotopic (exact) mass is 480 g/mol. The van der Waals surface area contributed by atoms with E-state index in [-0.39, 0.29) is 30.0 Å². The number of hydrogen-bond acceptors (Lipinski definition) is 4. The van der Waals surface area contributed by atoms with Crippen LogP contribution in [0.25, 0.3) is 0 Å². The van der Waals surface area contributed by atoms with Crippen molar-refractivity contribution in [3.05, 3.63) is 87.4 Å². The van der Waals surface area contributed by atoms with E-state index in [0.717, 1.165) is 23.3 Å². The third-order valence-corrected chi connectivity index (χ3v) is 7.02. The van der Waals surface area contributed by atoms with Crippen molar-refractivity contribution in [3.8, 4) is 5.75 Å². The number of rotatable bonds is 8. The first-order valence-electron chi connectivity index (χ1n) is 11.6. The summed E-state index contributed by atoms with van der Waals surface area (Å²) in [4.78, 5) is 31.1. The molecule has 2 heterocycles. The summed E-state index contributed by atoms with van der Waals surface area (Å²) in [7, 11) is 0. The highest BCUT2D eigenvalue weighted by Gasteiger charge is 2.33. The normalized spacial score (nSPS) is 15.0. The van der Waals surface area contributed by atoms with Crippen molar-refractivity contribution in [3.63, 3.8) is 0 Å². The fourth-order valence-corrected chi connectivity index (χ4v) is 5.19.